The Morgan fingerprint density at radius 2 is 2.12 bits per heavy atom. The van der Waals surface area contributed by atoms with Crippen molar-refractivity contribution in [2.24, 2.45) is 5.73 Å². The molecule has 0 saturated heterocycles. The molecule has 1 heterocycles. The first-order valence-corrected chi connectivity index (χ1v) is 5.71. The zero-order valence-electron chi connectivity index (χ0n) is 9.91. The Kier molecular flexibility index (Phi) is 3.77. The van der Waals surface area contributed by atoms with Crippen LogP contribution in [-0.4, -0.2) is 16.4 Å². The molecule has 2 aromatic rings. The molecule has 2 rings (SSSR count). The second-order valence-electron chi connectivity index (χ2n) is 3.99. The average Bonchev–Trinajstić information content (AvgIpc) is 2.79. The molecule has 1 aromatic carbocycles. The second kappa shape index (κ2) is 5.50. The van der Waals surface area contributed by atoms with E-state index in [1.54, 1.807) is 6.20 Å². The van der Waals surface area contributed by atoms with E-state index in [1.807, 2.05) is 48.1 Å². The van der Waals surface area contributed by atoms with Crippen LogP contribution in [0.5, 0.6) is 5.75 Å². The van der Waals surface area contributed by atoms with E-state index in [1.165, 1.54) is 0 Å². The van der Waals surface area contributed by atoms with Gasteiger partial charge in [0, 0.05) is 17.8 Å². The molecule has 1 atom stereocenters. The van der Waals surface area contributed by atoms with Crippen LogP contribution >= 0.6 is 0 Å². The van der Waals surface area contributed by atoms with Gasteiger partial charge < -0.3 is 10.5 Å². The highest BCUT2D eigenvalue weighted by atomic mass is 16.5. The van der Waals surface area contributed by atoms with Crippen LogP contribution in [0.3, 0.4) is 0 Å². The molecule has 0 aliphatic heterocycles. The Labute approximate surface area is 101 Å². The lowest BCUT2D eigenvalue weighted by Gasteiger charge is -2.05. The van der Waals surface area contributed by atoms with Crippen LogP contribution in [0.2, 0.25) is 0 Å². The van der Waals surface area contributed by atoms with E-state index in [0.29, 0.717) is 6.61 Å². The van der Waals surface area contributed by atoms with Gasteiger partial charge in [0.25, 0.3) is 0 Å². The van der Waals surface area contributed by atoms with Crippen molar-refractivity contribution in [3.05, 3.63) is 48.3 Å². The van der Waals surface area contributed by atoms with E-state index in [0.717, 1.165) is 17.9 Å². The molecule has 0 fully saturated rings. The fraction of sp³-hybridized carbons (Fsp3) is 0.308. The topological polar surface area (TPSA) is 53.1 Å². The van der Waals surface area contributed by atoms with Crippen molar-refractivity contribution >= 4 is 0 Å². The maximum atomic E-state index is 5.76. The normalized spacial score (nSPS) is 12.4. The van der Waals surface area contributed by atoms with Gasteiger partial charge in [0.1, 0.15) is 12.4 Å². The van der Waals surface area contributed by atoms with Gasteiger partial charge in [-0.15, -0.1) is 0 Å². The summed E-state index contributed by atoms with van der Waals surface area (Å²) in [5, 5.41) is 4.23. The van der Waals surface area contributed by atoms with E-state index >= 15 is 0 Å². The molecule has 4 nitrogen and oxygen atoms in total. The molecular weight excluding hydrogens is 214 g/mol. The molecule has 90 valence electrons. The SMILES string of the molecule is CC(N)c1cnn(CCOc2ccccc2)c1. The highest BCUT2D eigenvalue weighted by Crippen LogP contribution is 2.09. The van der Waals surface area contributed by atoms with Crippen molar-refractivity contribution in [3.63, 3.8) is 0 Å². The summed E-state index contributed by atoms with van der Waals surface area (Å²) in [6.45, 7) is 3.27. The molecule has 0 radical (unpaired) electrons. The lowest BCUT2D eigenvalue weighted by atomic mass is 10.2. The van der Waals surface area contributed by atoms with Gasteiger partial charge in [-0.25, -0.2) is 0 Å². The number of aromatic nitrogens is 2. The number of benzene rings is 1. The van der Waals surface area contributed by atoms with E-state index in [4.69, 9.17) is 10.5 Å². The smallest absolute Gasteiger partial charge is 0.119 e. The minimum atomic E-state index is 0.0267. The third-order valence-electron chi connectivity index (χ3n) is 2.51. The summed E-state index contributed by atoms with van der Waals surface area (Å²) in [5.74, 6) is 0.882. The van der Waals surface area contributed by atoms with Crippen molar-refractivity contribution in [1.29, 1.82) is 0 Å². The largest absolute Gasteiger partial charge is 0.492 e. The quantitative estimate of drug-likeness (QED) is 0.856. The highest BCUT2D eigenvalue weighted by molar-refractivity contribution is 5.20. The molecule has 2 N–H and O–H groups in total. The summed E-state index contributed by atoms with van der Waals surface area (Å²) in [7, 11) is 0. The molecule has 4 heteroatoms. The second-order valence-corrected chi connectivity index (χ2v) is 3.99. The standard InChI is InChI=1S/C13H17N3O/c1-11(14)12-9-15-16(10-12)7-8-17-13-5-3-2-4-6-13/h2-6,9-11H,7-8,14H2,1H3. The maximum Gasteiger partial charge on any atom is 0.119 e. The number of rotatable bonds is 5. The Morgan fingerprint density at radius 1 is 1.35 bits per heavy atom. The summed E-state index contributed by atoms with van der Waals surface area (Å²) in [4.78, 5) is 0. The summed E-state index contributed by atoms with van der Waals surface area (Å²) >= 11 is 0. The van der Waals surface area contributed by atoms with E-state index in [2.05, 4.69) is 5.10 Å². The summed E-state index contributed by atoms with van der Waals surface area (Å²) in [6, 6.07) is 9.79. The van der Waals surface area contributed by atoms with E-state index in [9.17, 15) is 0 Å². The molecular formula is C13H17N3O. The first-order valence-electron chi connectivity index (χ1n) is 5.71. The third kappa shape index (κ3) is 3.32. The Balaban J connectivity index is 1.82. The molecule has 0 amide bonds. The zero-order chi connectivity index (χ0) is 12.1. The molecule has 0 aliphatic rings. The fourth-order valence-electron chi connectivity index (χ4n) is 1.51. The fourth-order valence-corrected chi connectivity index (χ4v) is 1.51. The van der Waals surface area contributed by atoms with Crippen LogP contribution in [0.1, 0.15) is 18.5 Å². The molecule has 1 unspecified atom stereocenters. The first kappa shape index (κ1) is 11.7. The Bertz CT molecular complexity index is 451. The van der Waals surface area contributed by atoms with Crippen LogP contribution in [0.15, 0.2) is 42.7 Å². The minimum Gasteiger partial charge on any atom is -0.492 e. The molecule has 0 bridgehead atoms. The molecule has 1 aromatic heterocycles. The summed E-state index contributed by atoms with van der Waals surface area (Å²) < 4.78 is 7.44. The van der Waals surface area contributed by atoms with E-state index in [-0.39, 0.29) is 6.04 Å². The zero-order valence-corrected chi connectivity index (χ0v) is 9.91. The van der Waals surface area contributed by atoms with Crippen molar-refractivity contribution in [2.45, 2.75) is 19.5 Å². The van der Waals surface area contributed by atoms with Gasteiger partial charge in [0.2, 0.25) is 0 Å². The van der Waals surface area contributed by atoms with Crippen LogP contribution in [-0.2, 0) is 6.54 Å². The van der Waals surface area contributed by atoms with Gasteiger partial charge in [-0.3, -0.25) is 4.68 Å². The minimum absolute atomic E-state index is 0.0267. The predicted octanol–water partition coefficient (Wildman–Crippen LogP) is 1.98. The highest BCUT2D eigenvalue weighted by Gasteiger charge is 2.02. The number of nitrogens with zero attached hydrogens (tertiary/aromatic N) is 2. The van der Waals surface area contributed by atoms with Gasteiger partial charge in [0.15, 0.2) is 0 Å². The number of para-hydroxylation sites is 1. The van der Waals surface area contributed by atoms with Gasteiger partial charge >= 0.3 is 0 Å². The van der Waals surface area contributed by atoms with Crippen LogP contribution in [0, 0.1) is 0 Å². The third-order valence-corrected chi connectivity index (χ3v) is 2.51. The number of hydrogen-bond acceptors (Lipinski definition) is 3. The van der Waals surface area contributed by atoms with Crippen LogP contribution < -0.4 is 10.5 Å². The predicted molar refractivity (Wildman–Crippen MR) is 66.8 cm³/mol. The van der Waals surface area contributed by atoms with Gasteiger partial charge in [-0.1, -0.05) is 18.2 Å². The van der Waals surface area contributed by atoms with Crippen molar-refractivity contribution in [2.75, 3.05) is 6.61 Å². The average molecular weight is 231 g/mol. The van der Waals surface area contributed by atoms with E-state index < -0.39 is 0 Å². The maximum absolute atomic E-state index is 5.76. The summed E-state index contributed by atoms with van der Waals surface area (Å²) in [6.07, 6.45) is 3.76. The summed E-state index contributed by atoms with van der Waals surface area (Å²) in [5.41, 5.74) is 6.81. The van der Waals surface area contributed by atoms with Crippen molar-refractivity contribution < 1.29 is 4.74 Å². The van der Waals surface area contributed by atoms with Gasteiger partial charge in [-0.05, 0) is 19.1 Å². The lowest BCUT2D eigenvalue weighted by Crippen LogP contribution is -2.09. The molecule has 0 spiro atoms. The van der Waals surface area contributed by atoms with Crippen LogP contribution in [0.4, 0.5) is 0 Å². The number of hydrogen-bond donors (Lipinski definition) is 1. The van der Waals surface area contributed by atoms with Gasteiger partial charge in [-0.2, -0.15) is 5.10 Å². The molecule has 0 aliphatic carbocycles. The Hall–Kier alpha value is -1.81. The van der Waals surface area contributed by atoms with Crippen molar-refractivity contribution in [1.82, 2.24) is 9.78 Å². The number of ether oxygens (including phenoxy) is 1. The van der Waals surface area contributed by atoms with Crippen LogP contribution in [0.25, 0.3) is 0 Å². The lowest BCUT2D eigenvalue weighted by molar-refractivity contribution is 0.291. The molecule has 0 saturated carbocycles. The number of nitrogens with two attached hydrogens (primary N) is 1. The Morgan fingerprint density at radius 3 is 2.76 bits per heavy atom. The molecule has 17 heavy (non-hydrogen) atoms. The van der Waals surface area contributed by atoms with Crippen molar-refractivity contribution in [3.8, 4) is 5.75 Å². The monoisotopic (exact) mass is 231 g/mol. The first-order chi connectivity index (χ1) is 8.25. The van der Waals surface area contributed by atoms with Gasteiger partial charge in [0.05, 0.1) is 12.7 Å².